The second-order valence-corrected chi connectivity index (χ2v) is 6.47. The lowest BCUT2D eigenvalue weighted by Crippen LogP contribution is -2.40. The van der Waals surface area contributed by atoms with Crippen LogP contribution in [0.1, 0.15) is 26.3 Å². The van der Waals surface area contributed by atoms with Gasteiger partial charge in [0.25, 0.3) is 11.8 Å². The van der Waals surface area contributed by atoms with E-state index in [4.69, 9.17) is 0 Å². The second-order valence-electron chi connectivity index (χ2n) is 6.47. The Balaban J connectivity index is 1.35. The first-order valence-corrected chi connectivity index (χ1v) is 8.69. The van der Waals surface area contributed by atoms with Crippen molar-refractivity contribution in [1.82, 2.24) is 25.0 Å². The number of carbonyl (C=O) groups excluding carboxylic acids is 3. The van der Waals surface area contributed by atoms with Crippen molar-refractivity contribution < 1.29 is 14.4 Å². The number of nitrogens with zero attached hydrogens (tertiary/aromatic N) is 4. The van der Waals surface area contributed by atoms with Gasteiger partial charge >= 0.3 is 0 Å². The number of amides is 3. The molecule has 0 spiro atoms. The molecule has 3 amide bonds. The molecule has 0 fully saturated rings. The summed E-state index contributed by atoms with van der Waals surface area (Å²) in [6.45, 7) is -0.0597. The van der Waals surface area contributed by atoms with Crippen LogP contribution in [0.4, 0.5) is 0 Å². The molecule has 1 aliphatic heterocycles. The quantitative estimate of drug-likeness (QED) is 0.680. The normalized spacial score (nSPS) is 13.0. The maximum Gasteiger partial charge on any atom is 0.262 e. The zero-order chi connectivity index (χ0) is 19.7. The average Bonchev–Trinajstić information content (AvgIpc) is 3.25. The number of hydrogen-bond acceptors (Lipinski definition) is 5. The van der Waals surface area contributed by atoms with Gasteiger partial charge < -0.3 is 5.32 Å². The molecule has 8 nitrogen and oxygen atoms in total. The summed E-state index contributed by atoms with van der Waals surface area (Å²) in [5, 5.41) is 6.83. The van der Waals surface area contributed by atoms with Crippen LogP contribution < -0.4 is 5.32 Å². The van der Waals surface area contributed by atoms with Crippen LogP contribution in [0, 0.1) is 0 Å². The molecule has 0 unspecified atom stereocenters. The van der Waals surface area contributed by atoms with Crippen LogP contribution >= 0.6 is 0 Å². The van der Waals surface area contributed by atoms with Crippen molar-refractivity contribution in [3.05, 3.63) is 71.7 Å². The SMILES string of the molecule is Cn1cc(-c2ccc(CNC(=O)CN3C(=O)c4ccccc4C3=O)cn2)cn1. The van der Waals surface area contributed by atoms with E-state index in [-0.39, 0.29) is 13.1 Å². The highest BCUT2D eigenvalue weighted by atomic mass is 16.2. The van der Waals surface area contributed by atoms with Crippen molar-refractivity contribution in [2.75, 3.05) is 6.54 Å². The molecule has 1 N–H and O–H groups in total. The van der Waals surface area contributed by atoms with Gasteiger partial charge in [0, 0.05) is 31.5 Å². The number of nitrogens with one attached hydrogen (secondary N) is 1. The molecule has 0 atom stereocenters. The van der Waals surface area contributed by atoms with Crippen molar-refractivity contribution in [3.8, 4) is 11.3 Å². The van der Waals surface area contributed by atoms with Crippen molar-refractivity contribution in [3.63, 3.8) is 0 Å². The molecule has 8 heteroatoms. The predicted octanol–water partition coefficient (Wildman–Crippen LogP) is 1.39. The number of aryl methyl sites for hydroxylation is 1. The molecule has 0 aliphatic carbocycles. The van der Waals surface area contributed by atoms with Crippen LogP contribution in [-0.4, -0.2) is 43.9 Å². The van der Waals surface area contributed by atoms with E-state index < -0.39 is 17.7 Å². The highest BCUT2D eigenvalue weighted by molar-refractivity contribution is 6.22. The van der Waals surface area contributed by atoms with E-state index >= 15 is 0 Å². The Labute approximate surface area is 160 Å². The largest absolute Gasteiger partial charge is 0.350 e. The molecule has 1 aromatic carbocycles. The molecule has 28 heavy (non-hydrogen) atoms. The molecule has 3 heterocycles. The molecule has 0 saturated heterocycles. The van der Waals surface area contributed by atoms with E-state index in [1.165, 1.54) is 0 Å². The zero-order valence-electron chi connectivity index (χ0n) is 15.1. The van der Waals surface area contributed by atoms with Crippen LogP contribution in [0.25, 0.3) is 11.3 Å². The highest BCUT2D eigenvalue weighted by Gasteiger charge is 2.36. The van der Waals surface area contributed by atoms with E-state index in [0.29, 0.717) is 11.1 Å². The third-order valence-electron chi connectivity index (χ3n) is 4.49. The lowest BCUT2D eigenvalue weighted by Gasteiger charge is -2.13. The summed E-state index contributed by atoms with van der Waals surface area (Å²) < 4.78 is 1.70. The van der Waals surface area contributed by atoms with Gasteiger partial charge in [-0.3, -0.25) is 28.9 Å². The minimum atomic E-state index is -0.446. The van der Waals surface area contributed by atoms with Crippen molar-refractivity contribution >= 4 is 17.7 Å². The Hall–Kier alpha value is -3.81. The first-order valence-electron chi connectivity index (χ1n) is 8.69. The Morgan fingerprint density at radius 3 is 2.32 bits per heavy atom. The van der Waals surface area contributed by atoms with E-state index in [2.05, 4.69) is 15.4 Å². The number of carbonyl (C=O) groups is 3. The number of rotatable bonds is 5. The first-order chi connectivity index (χ1) is 13.5. The molecule has 4 rings (SSSR count). The fraction of sp³-hybridized carbons (Fsp3) is 0.150. The molecule has 1 aliphatic rings. The van der Waals surface area contributed by atoms with E-state index in [0.717, 1.165) is 21.7 Å². The Morgan fingerprint density at radius 1 is 1.04 bits per heavy atom. The van der Waals surface area contributed by atoms with Crippen molar-refractivity contribution in [1.29, 1.82) is 0 Å². The Bertz CT molecular complexity index is 1040. The van der Waals surface area contributed by atoms with Gasteiger partial charge in [0.1, 0.15) is 6.54 Å². The smallest absolute Gasteiger partial charge is 0.262 e. The maximum absolute atomic E-state index is 12.3. The van der Waals surface area contributed by atoms with Crippen LogP contribution in [0.5, 0.6) is 0 Å². The molecular formula is C20H17N5O3. The van der Waals surface area contributed by atoms with E-state index in [9.17, 15) is 14.4 Å². The molecule has 0 bridgehead atoms. The molecule has 3 aromatic rings. The standard InChI is InChI=1S/C20H17N5O3/c1-24-11-14(10-23-24)17-7-6-13(8-21-17)9-22-18(26)12-25-19(27)15-4-2-3-5-16(15)20(25)28/h2-8,10-11H,9,12H2,1H3,(H,22,26). The van der Waals surface area contributed by atoms with Crippen LogP contribution in [-0.2, 0) is 18.4 Å². The molecule has 2 aromatic heterocycles. The summed E-state index contributed by atoms with van der Waals surface area (Å²) >= 11 is 0. The van der Waals surface area contributed by atoms with Crippen molar-refractivity contribution in [2.45, 2.75) is 6.54 Å². The molecule has 0 saturated carbocycles. The van der Waals surface area contributed by atoms with E-state index in [1.54, 1.807) is 41.3 Å². The lowest BCUT2D eigenvalue weighted by atomic mass is 10.1. The summed E-state index contributed by atoms with van der Waals surface area (Å²) in [6, 6.07) is 10.3. The average molecular weight is 375 g/mol. The Morgan fingerprint density at radius 2 is 1.75 bits per heavy atom. The van der Waals surface area contributed by atoms with Crippen LogP contribution in [0.3, 0.4) is 0 Å². The molecular weight excluding hydrogens is 358 g/mol. The zero-order valence-corrected chi connectivity index (χ0v) is 15.1. The van der Waals surface area contributed by atoms with Gasteiger partial charge in [-0.1, -0.05) is 18.2 Å². The number of aromatic nitrogens is 3. The first kappa shape index (κ1) is 17.6. The van der Waals surface area contributed by atoms with Crippen LogP contribution in [0.2, 0.25) is 0 Å². The maximum atomic E-state index is 12.3. The van der Waals surface area contributed by atoms with E-state index in [1.807, 2.05) is 25.4 Å². The third-order valence-corrected chi connectivity index (χ3v) is 4.49. The summed E-state index contributed by atoms with van der Waals surface area (Å²) in [4.78, 5) is 42.1. The summed E-state index contributed by atoms with van der Waals surface area (Å²) in [5.74, 6) is -1.30. The number of pyridine rings is 1. The minimum absolute atomic E-state index is 0.252. The Kier molecular flexibility index (Phi) is 4.44. The topological polar surface area (TPSA) is 97.2 Å². The number of benzene rings is 1. The number of hydrogen-bond donors (Lipinski definition) is 1. The fourth-order valence-corrected chi connectivity index (χ4v) is 3.04. The number of fused-ring (bicyclic) bond motifs is 1. The second kappa shape index (κ2) is 7.07. The van der Waals surface area contributed by atoms with Gasteiger partial charge in [-0.2, -0.15) is 5.10 Å². The van der Waals surface area contributed by atoms with Gasteiger partial charge in [0.15, 0.2) is 0 Å². The van der Waals surface area contributed by atoms with Gasteiger partial charge in [-0.15, -0.1) is 0 Å². The van der Waals surface area contributed by atoms with Gasteiger partial charge in [-0.25, -0.2) is 0 Å². The summed E-state index contributed by atoms with van der Waals surface area (Å²) in [7, 11) is 1.84. The summed E-state index contributed by atoms with van der Waals surface area (Å²) in [5.41, 5.74) is 3.16. The highest BCUT2D eigenvalue weighted by Crippen LogP contribution is 2.22. The van der Waals surface area contributed by atoms with Gasteiger partial charge in [-0.05, 0) is 23.8 Å². The van der Waals surface area contributed by atoms with Gasteiger partial charge in [0.2, 0.25) is 5.91 Å². The summed E-state index contributed by atoms with van der Waals surface area (Å²) in [6.07, 6.45) is 5.27. The molecule has 0 radical (unpaired) electrons. The monoisotopic (exact) mass is 375 g/mol. The predicted molar refractivity (Wildman–Crippen MR) is 100 cm³/mol. The third kappa shape index (κ3) is 3.27. The van der Waals surface area contributed by atoms with Gasteiger partial charge in [0.05, 0.1) is 23.0 Å². The fourth-order valence-electron chi connectivity index (χ4n) is 3.04. The lowest BCUT2D eigenvalue weighted by molar-refractivity contribution is -0.121. The van der Waals surface area contributed by atoms with Crippen molar-refractivity contribution in [2.24, 2.45) is 7.05 Å². The minimum Gasteiger partial charge on any atom is -0.350 e. The van der Waals surface area contributed by atoms with Crippen LogP contribution in [0.15, 0.2) is 55.0 Å². The molecule has 140 valence electrons. The number of imide groups is 1.